The molecule has 19 heavy (non-hydrogen) atoms. The molecule has 7 heteroatoms. The summed E-state index contributed by atoms with van der Waals surface area (Å²) >= 11 is 0. The van der Waals surface area contributed by atoms with E-state index in [0.717, 1.165) is 16.5 Å². The van der Waals surface area contributed by atoms with Crippen molar-refractivity contribution in [3.63, 3.8) is 0 Å². The zero-order chi connectivity index (χ0) is 13.2. The Morgan fingerprint density at radius 3 is 2.79 bits per heavy atom. The Labute approximate surface area is 108 Å². The minimum Gasteiger partial charge on any atom is -0.380 e. The van der Waals surface area contributed by atoms with Gasteiger partial charge in [0.25, 0.3) is 0 Å². The van der Waals surface area contributed by atoms with Gasteiger partial charge in [0.05, 0.1) is 23.8 Å². The molecule has 0 saturated heterocycles. The summed E-state index contributed by atoms with van der Waals surface area (Å²) < 4.78 is 0. The van der Waals surface area contributed by atoms with Crippen LogP contribution in [-0.4, -0.2) is 27.5 Å². The Morgan fingerprint density at radius 1 is 1.16 bits per heavy atom. The lowest BCUT2D eigenvalue weighted by molar-refractivity contribution is 1.05. The molecule has 3 rings (SSSR count). The van der Waals surface area contributed by atoms with Gasteiger partial charge in [-0.1, -0.05) is 12.1 Å². The molecule has 0 radical (unpaired) electrons. The number of hydrazone groups is 1. The maximum absolute atomic E-state index is 5.69. The lowest BCUT2D eigenvalue weighted by Crippen LogP contribution is -2.26. The SMILES string of the molecule is CC1=NN=C(N)/C1=N/Nc1cccc2cnncc12. The van der Waals surface area contributed by atoms with Crippen molar-refractivity contribution in [3.05, 3.63) is 30.6 Å². The smallest absolute Gasteiger partial charge is 0.175 e. The van der Waals surface area contributed by atoms with Crippen molar-refractivity contribution in [2.24, 2.45) is 21.0 Å². The molecule has 94 valence electrons. The Kier molecular flexibility index (Phi) is 2.64. The summed E-state index contributed by atoms with van der Waals surface area (Å²) in [5, 5.41) is 21.5. The standard InChI is InChI=1S/C12H11N7/c1-7-11(12(13)19-16-7)18-17-10-4-2-3-8-5-14-15-6-9(8)10/h2-6,17H,1H3,(H2,13,18,19). The number of nitrogens with zero attached hydrogens (tertiary/aromatic N) is 5. The lowest BCUT2D eigenvalue weighted by Gasteiger charge is -2.05. The first-order chi connectivity index (χ1) is 9.25. The molecule has 1 aliphatic rings. The number of hydrogen-bond acceptors (Lipinski definition) is 7. The normalized spacial score (nSPS) is 16.6. The number of rotatable bonds is 2. The molecule has 0 fully saturated rings. The van der Waals surface area contributed by atoms with Crippen LogP contribution in [0.1, 0.15) is 6.92 Å². The minimum absolute atomic E-state index is 0.310. The predicted molar refractivity (Wildman–Crippen MR) is 75.3 cm³/mol. The largest absolute Gasteiger partial charge is 0.380 e. The van der Waals surface area contributed by atoms with Crippen molar-refractivity contribution in [1.82, 2.24) is 10.2 Å². The molecule has 1 aliphatic heterocycles. The van der Waals surface area contributed by atoms with Crippen LogP contribution in [0, 0.1) is 0 Å². The molecule has 3 N–H and O–H groups in total. The van der Waals surface area contributed by atoms with Crippen molar-refractivity contribution >= 4 is 33.7 Å². The summed E-state index contributed by atoms with van der Waals surface area (Å²) in [5.41, 5.74) is 10.7. The number of anilines is 1. The second-order valence-electron chi connectivity index (χ2n) is 4.04. The Morgan fingerprint density at radius 2 is 2.00 bits per heavy atom. The average molecular weight is 253 g/mol. The third-order valence-corrected chi connectivity index (χ3v) is 2.77. The minimum atomic E-state index is 0.310. The summed E-state index contributed by atoms with van der Waals surface area (Å²) in [4.78, 5) is 0. The number of hydrogen-bond donors (Lipinski definition) is 2. The highest BCUT2D eigenvalue weighted by Gasteiger charge is 2.15. The monoisotopic (exact) mass is 253 g/mol. The Bertz CT molecular complexity index is 704. The van der Waals surface area contributed by atoms with Crippen LogP contribution in [0.2, 0.25) is 0 Å². The van der Waals surface area contributed by atoms with E-state index in [2.05, 4.69) is 30.9 Å². The van der Waals surface area contributed by atoms with E-state index in [1.54, 1.807) is 19.3 Å². The fraction of sp³-hybridized carbons (Fsp3) is 0.0833. The van der Waals surface area contributed by atoms with Gasteiger partial charge in [-0.05, 0) is 13.0 Å². The van der Waals surface area contributed by atoms with Gasteiger partial charge in [0.2, 0.25) is 0 Å². The van der Waals surface area contributed by atoms with Gasteiger partial charge in [0, 0.05) is 10.8 Å². The molecule has 0 spiro atoms. The molecule has 2 aromatic rings. The highest BCUT2D eigenvalue weighted by Crippen LogP contribution is 2.21. The molecule has 1 aromatic carbocycles. The van der Waals surface area contributed by atoms with E-state index >= 15 is 0 Å². The highest BCUT2D eigenvalue weighted by atomic mass is 15.3. The predicted octanol–water partition coefficient (Wildman–Crippen LogP) is 1.14. The summed E-state index contributed by atoms with van der Waals surface area (Å²) in [6.45, 7) is 1.80. The van der Waals surface area contributed by atoms with Crippen LogP contribution in [-0.2, 0) is 0 Å². The van der Waals surface area contributed by atoms with Gasteiger partial charge in [0.15, 0.2) is 11.5 Å². The first-order valence-electron chi connectivity index (χ1n) is 5.67. The first kappa shape index (κ1) is 11.3. The lowest BCUT2D eigenvalue weighted by atomic mass is 10.2. The number of nitrogens with two attached hydrogens (primary N) is 1. The molecular weight excluding hydrogens is 242 g/mol. The van der Waals surface area contributed by atoms with Crippen molar-refractivity contribution in [2.45, 2.75) is 6.92 Å². The number of benzene rings is 1. The van der Waals surface area contributed by atoms with Crippen LogP contribution >= 0.6 is 0 Å². The van der Waals surface area contributed by atoms with Gasteiger partial charge < -0.3 is 5.73 Å². The molecule has 1 aromatic heterocycles. The van der Waals surface area contributed by atoms with Gasteiger partial charge in [-0.15, -0.1) is 5.10 Å². The molecule has 0 bridgehead atoms. The third kappa shape index (κ3) is 2.01. The van der Waals surface area contributed by atoms with Crippen LogP contribution in [0.4, 0.5) is 5.69 Å². The molecule has 0 atom stereocenters. The van der Waals surface area contributed by atoms with E-state index in [-0.39, 0.29) is 0 Å². The number of nitrogens with one attached hydrogen (secondary N) is 1. The summed E-state index contributed by atoms with van der Waals surface area (Å²) in [7, 11) is 0. The zero-order valence-corrected chi connectivity index (χ0v) is 10.2. The van der Waals surface area contributed by atoms with E-state index in [4.69, 9.17) is 5.73 Å². The average Bonchev–Trinajstić information content (AvgIpc) is 2.76. The van der Waals surface area contributed by atoms with Crippen molar-refractivity contribution < 1.29 is 0 Å². The molecule has 2 heterocycles. The summed E-state index contributed by atoms with van der Waals surface area (Å²) in [6.07, 6.45) is 3.39. The highest BCUT2D eigenvalue weighted by molar-refractivity contribution is 6.69. The van der Waals surface area contributed by atoms with E-state index < -0.39 is 0 Å². The van der Waals surface area contributed by atoms with Crippen molar-refractivity contribution in [3.8, 4) is 0 Å². The zero-order valence-electron chi connectivity index (χ0n) is 10.2. The van der Waals surface area contributed by atoms with E-state index in [9.17, 15) is 0 Å². The van der Waals surface area contributed by atoms with Gasteiger partial charge in [-0.3, -0.25) is 5.43 Å². The maximum atomic E-state index is 5.69. The van der Waals surface area contributed by atoms with Gasteiger partial charge in [0.1, 0.15) is 0 Å². The van der Waals surface area contributed by atoms with Crippen LogP contribution in [0.5, 0.6) is 0 Å². The fourth-order valence-electron chi connectivity index (χ4n) is 1.79. The maximum Gasteiger partial charge on any atom is 0.175 e. The molecule has 7 nitrogen and oxygen atoms in total. The van der Waals surface area contributed by atoms with E-state index in [1.165, 1.54) is 0 Å². The molecule has 0 saturated carbocycles. The quantitative estimate of drug-likeness (QED) is 0.783. The second kappa shape index (κ2) is 4.45. The van der Waals surface area contributed by atoms with Gasteiger partial charge >= 0.3 is 0 Å². The summed E-state index contributed by atoms with van der Waals surface area (Å²) in [6, 6.07) is 5.78. The van der Waals surface area contributed by atoms with Crippen LogP contribution < -0.4 is 11.2 Å². The van der Waals surface area contributed by atoms with Gasteiger partial charge in [-0.2, -0.15) is 20.4 Å². The Balaban J connectivity index is 1.97. The topological polar surface area (TPSA) is 101 Å². The first-order valence-corrected chi connectivity index (χ1v) is 5.67. The molecule has 0 aliphatic carbocycles. The van der Waals surface area contributed by atoms with Crippen molar-refractivity contribution in [1.29, 1.82) is 0 Å². The van der Waals surface area contributed by atoms with Crippen molar-refractivity contribution in [2.75, 3.05) is 5.43 Å². The van der Waals surface area contributed by atoms with E-state index in [0.29, 0.717) is 17.3 Å². The summed E-state index contributed by atoms with van der Waals surface area (Å²) in [5.74, 6) is 0.310. The Hall–Kier alpha value is -2.83. The number of amidine groups is 1. The van der Waals surface area contributed by atoms with Crippen LogP contribution in [0.3, 0.4) is 0 Å². The number of aromatic nitrogens is 2. The van der Waals surface area contributed by atoms with E-state index in [1.807, 2.05) is 18.2 Å². The molecule has 0 amide bonds. The second-order valence-corrected chi connectivity index (χ2v) is 4.04. The molecule has 0 unspecified atom stereocenters. The fourth-order valence-corrected chi connectivity index (χ4v) is 1.79. The van der Waals surface area contributed by atoms with Gasteiger partial charge in [-0.25, -0.2) is 0 Å². The third-order valence-electron chi connectivity index (χ3n) is 2.77. The van der Waals surface area contributed by atoms with Crippen LogP contribution in [0.15, 0.2) is 45.9 Å². The number of fused-ring (bicyclic) bond motifs is 1. The molecular formula is C12H11N7. The van der Waals surface area contributed by atoms with Crippen LogP contribution in [0.25, 0.3) is 10.8 Å².